The summed E-state index contributed by atoms with van der Waals surface area (Å²) in [7, 11) is 0. The number of thiophene rings is 1. The van der Waals surface area contributed by atoms with Crippen LogP contribution in [0.5, 0.6) is 0 Å². The highest BCUT2D eigenvalue weighted by Gasteiger charge is 2.41. The molecule has 2 aliphatic rings. The van der Waals surface area contributed by atoms with Crippen LogP contribution in [-0.4, -0.2) is 33.8 Å². The van der Waals surface area contributed by atoms with E-state index >= 15 is 0 Å². The first kappa shape index (κ1) is 22.5. The molecule has 2 aliphatic heterocycles. The zero-order valence-corrected chi connectivity index (χ0v) is 19.7. The lowest BCUT2D eigenvalue weighted by Gasteiger charge is -2.25. The van der Waals surface area contributed by atoms with Crippen LogP contribution in [0.1, 0.15) is 28.8 Å². The second-order valence-electron chi connectivity index (χ2n) is 7.87. The second kappa shape index (κ2) is 9.90. The number of fused-ring (bicyclic) bond motifs is 3. The van der Waals surface area contributed by atoms with E-state index in [1.165, 1.54) is 23.9 Å². The second-order valence-corrected chi connectivity index (χ2v) is 9.84. The summed E-state index contributed by atoms with van der Waals surface area (Å²) in [5.74, 6) is 0.417. The Labute approximate surface area is 204 Å². The molecule has 2 aromatic carbocycles. The lowest BCUT2D eigenvalue weighted by Crippen LogP contribution is -2.41. The lowest BCUT2D eigenvalue weighted by molar-refractivity contribution is -0.125. The van der Waals surface area contributed by atoms with Crippen molar-refractivity contribution in [3.8, 4) is 0 Å². The monoisotopic (exact) mass is 492 g/mol. The molecule has 1 unspecified atom stereocenters. The number of benzene rings is 2. The van der Waals surface area contributed by atoms with Gasteiger partial charge in [-0.1, -0.05) is 42.1 Å². The summed E-state index contributed by atoms with van der Waals surface area (Å²) in [5.41, 5.74) is 2.33. The maximum atomic E-state index is 13.6. The molecule has 6 nitrogen and oxygen atoms in total. The van der Waals surface area contributed by atoms with E-state index in [4.69, 9.17) is 9.98 Å². The molecule has 0 aliphatic carbocycles. The molecule has 172 valence electrons. The summed E-state index contributed by atoms with van der Waals surface area (Å²) in [5, 5.41) is 5.37. The number of carbonyl (C=O) groups excluding carboxylic acids is 2. The highest BCUT2D eigenvalue weighted by molar-refractivity contribution is 8.13. The quantitative estimate of drug-likeness (QED) is 0.511. The van der Waals surface area contributed by atoms with Crippen molar-refractivity contribution in [1.82, 2.24) is 10.2 Å². The number of carbonyl (C=O) groups is 2. The van der Waals surface area contributed by atoms with Gasteiger partial charge in [-0.05, 0) is 47.7 Å². The molecule has 0 radical (unpaired) electrons. The third-order valence-electron chi connectivity index (χ3n) is 5.49. The van der Waals surface area contributed by atoms with Crippen LogP contribution in [0.3, 0.4) is 0 Å². The number of thioether (sulfide) groups is 1. The Kier molecular flexibility index (Phi) is 6.55. The molecule has 9 heteroatoms. The lowest BCUT2D eigenvalue weighted by atomic mass is 10.1. The molecule has 0 saturated carbocycles. The summed E-state index contributed by atoms with van der Waals surface area (Å²) >= 11 is 2.95. The van der Waals surface area contributed by atoms with Gasteiger partial charge in [-0.3, -0.25) is 14.6 Å². The smallest absolute Gasteiger partial charge is 0.259 e. The van der Waals surface area contributed by atoms with Crippen LogP contribution < -0.4 is 5.32 Å². The largest absolute Gasteiger partial charge is 0.351 e. The van der Waals surface area contributed by atoms with Crippen LogP contribution in [0.2, 0.25) is 0 Å². The molecule has 3 heterocycles. The average molecular weight is 493 g/mol. The molecule has 1 N–H and O–H groups in total. The number of para-hydroxylation sites is 1. The van der Waals surface area contributed by atoms with Gasteiger partial charge in [0.15, 0.2) is 5.17 Å². The molecular formula is C25H21FN4O2S2. The molecule has 3 aromatic rings. The van der Waals surface area contributed by atoms with Crippen LogP contribution in [-0.2, 0) is 21.9 Å². The van der Waals surface area contributed by atoms with Crippen LogP contribution in [0, 0.1) is 5.82 Å². The number of hydrogen-bond donors (Lipinski definition) is 1. The van der Waals surface area contributed by atoms with E-state index in [0.29, 0.717) is 29.7 Å². The molecule has 5 rings (SSSR count). The van der Waals surface area contributed by atoms with Gasteiger partial charge in [-0.15, -0.1) is 11.3 Å². The van der Waals surface area contributed by atoms with Crippen molar-refractivity contribution in [2.24, 2.45) is 9.98 Å². The average Bonchev–Trinajstić information content (AvgIpc) is 3.48. The van der Waals surface area contributed by atoms with Crippen molar-refractivity contribution in [2.45, 2.75) is 31.2 Å². The van der Waals surface area contributed by atoms with E-state index in [2.05, 4.69) is 5.32 Å². The van der Waals surface area contributed by atoms with Gasteiger partial charge < -0.3 is 5.32 Å². The Morgan fingerprint density at radius 1 is 1.15 bits per heavy atom. The molecule has 1 aromatic heterocycles. The maximum absolute atomic E-state index is 13.6. The fourth-order valence-electron chi connectivity index (χ4n) is 3.82. The number of rotatable bonds is 7. The van der Waals surface area contributed by atoms with E-state index < -0.39 is 6.04 Å². The Hall–Kier alpha value is -3.30. The third kappa shape index (κ3) is 4.80. The van der Waals surface area contributed by atoms with Gasteiger partial charge in [0.2, 0.25) is 5.91 Å². The van der Waals surface area contributed by atoms with Crippen molar-refractivity contribution >= 4 is 51.6 Å². The Balaban J connectivity index is 1.30. The summed E-state index contributed by atoms with van der Waals surface area (Å²) in [6.45, 7) is 0.483. The first-order valence-electron chi connectivity index (χ1n) is 10.8. The number of aliphatic imine (C=N–C) groups is 2. The minimum atomic E-state index is -0.645. The number of halogens is 1. The number of amidine groups is 2. The predicted octanol–water partition coefficient (Wildman–Crippen LogP) is 4.88. The Morgan fingerprint density at radius 2 is 2.03 bits per heavy atom. The minimum absolute atomic E-state index is 0.110. The van der Waals surface area contributed by atoms with Crippen LogP contribution in [0.15, 0.2) is 76.0 Å². The van der Waals surface area contributed by atoms with Gasteiger partial charge in [0, 0.05) is 22.6 Å². The van der Waals surface area contributed by atoms with Crippen molar-refractivity contribution in [2.75, 3.05) is 0 Å². The van der Waals surface area contributed by atoms with E-state index in [0.717, 1.165) is 21.7 Å². The SMILES string of the molecule is O=C(CCC1N=C2c3ccccc3N=C(SCc3cccc(F)c3)N2C1=O)NCc1cccs1. The normalized spacial score (nSPS) is 16.6. The summed E-state index contributed by atoms with van der Waals surface area (Å²) < 4.78 is 13.6. The molecule has 1 atom stereocenters. The Bertz CT molecular complexity index is 1290. The molecule has 0 fully saturated rings. The van der Waals surface area contributed by atoms with Gasteiger partial charge in [0.1, 0.15) is 17.7 Å². The number of amides is 2. The maximum Gasteiger partial charge on any atom is 0.259 e. The summed E-state index contributed by atoms with van der Waals surface area (Å²) in [6, 6.07) is 17.2. The van der Waals surface area contributed by atoms with Gasteiger partial charge in [-0.25, -0.2) is 14.3 Å². The number of hydrogen-bond acceptors (Lipinski definition) is 6. The summed E-state index contributed by atoms with van der Waals surface area (Å²) in [6.07, 6.45) is 0.524. The fourth-order valence-corrected chi connectivity index (χ4v) is 5.40. The molecule has 0 saturated heterocycles. The highest BCUT2D eigenvalue weighted by atomic mass is 32.2. The topological polar surface area (TPSA) is 74.1 Å². The molecule has 2 amide bonds. The van der Waals surface area contributed by atoms with Crippen molar-refractivity contribution in [3.63, 3.8) is 0 Å². The van der Waals surface area contributed by atoms with Gasteiger partial charge in [0.05, 0.1) is 12.2 Å². The van der Waals surface area contributed by atoms with E-state index in [9.17, 15) is 14.0 Å². The molecular weight excluding hydrogens is 471 g/mol. The van der Waals surface area contributed by atoms with Crippen molar-refractivity contribution in [1.29, 1.82) is 0 Å². The highest BCUT2D eigenvalue weighted by Crippen LogP contribution is 2.35. The van der Waals surface area contributed by atoms with Gasteiger partial charge >= 0.3 is 0 Å². The minimum Gasteiger partial charge on any atom is -0.351 e. The van der Waals surface area contributed by atoms with E-state index in [1.54, 1.807) is 22.3 Å². The fraction of sp³-hybridized carbons (Fsp3) is 0.200. The van der Waals surface area contributed by atoms with Gasteiger partial charge in [0.25, 0.3) is 5.91 Å². The first-order chi connectivity index (χ1) is 16.6. The standard InChI is InChI=1S/C25H21FN4O2S2/c26-17-6-3-5-16(13-17)15-34-25-29-20-9-2-1-8-19(20)23-28-21(24(32)30(23)25)10-11-22(31)27-14-18-7-4-12-33-18/h1-9,12-13,21H,10-11,14-15H2,(H,27,31). The van der Waals surface area contributed by atoms with E-state index in [1.807, 2.05) is 47.8 Å². The van der Waals surface area contributed by atoms with Crippen molar-refractivity contribution in [3.05, 3.63) is 87.9 Å². The summed E-state index contributed by atoms with van der Waals surface area (Å²) in [4.78, 5) is 37.6. The molecule has 0 spiro atoms. The Morgan fingerprint density at radius 3 is 2.85 bits per heavy atom. The van der Waals surface area contributed by atoms with E-state index in [-0.39, 0.29) is 24.1 Å². The first-order valence-corrected chi connectivity index (χ1v) is 12.7. The third-order valence-corrected chi connectivity index (χ3v) is 7.38. The van der Waals surface area contributed by atoms with Crippen molar-refractivity contribution < 1.29 is 14.0 Å². The van der Waals surface area contributed by atoms with Crippen LogP contribution in [0.25, 0.3) is 0 Å². The predicted molar refractivity (Wildman–Crippen MR) is 134 cm³/mol. The molecule has 34 heavy (non-hydrogen) atoms. The number of nitrogens with zero attached hydrogens (tertiary/aromatic N) is 3. The van der Waals surface area contributed by atoms with Crippen LogP contribution in [0.4, 0.5) is 10.1 Å². The zero-order valence-electron chi connectivity index (χ0n) is 18.1. The van der Waals surface area contributed by atoms with Crippen LogP contribution >= 0.6 is 23.1 Å². The molecule has 0 bridgehead atoms. The number of nitrogens with one attached hydrogen (secondary N) is 1. The van der Waals surface area contributed by atoms with Gasteiger partial charge in [-0.2, -0.15) is 0 Å². The zero-order chi connectivity index (χ0) is 23.5.